The molecule has 4 nitrogen and oxygen atoms in total. The van der Waals surface area contributed by atoms with Crippen LogP contribution in [0.2, 0.25) is 0 Å². The molecule has 0 spiro atoms. The predicted molar refractivity (Wildman–Crippen MR) is 103 cm³/mol. The van der Waals surface area contributed by atoms with Crippen molar-refractivity contribution in [3.8, 4) is 0 Å². The van der Waals surface area contributed by atoms with E-state index < -0.39 is 0 Å². The number of carbonyl (C=O) groups is 1. The highest BCUT2D eigenvalue weighted by atomic mass is 16.2. The molecule has 4 heteroatoms. The number of hydrazone groups is 1. The van der Waals surface area contributed by atoms with Crippen LogP contribution in [-0.4, -0.2) is 25.2 Å². The molecule has 2 aromatic rings. The van der Waals surface area contributed by atoms with Crippen molar-refractivity contribution >= 4 is 17.8 Å². The largest absolute Gasteiger partial charge is 0.362 e. The van der Waals surface area contributed by atoms with Crippen LogP contribution in [0, 0.1) is 20.8 Å². The topological polar surface area (TPSA) is 44.7 Å². The minimum atomic E-state index is -0.0876. The van der Waals surface area contributed by atoms with Crippen LogP contribution in [0.15, 0.2) is 41.5 Å². The number of hydrogen-bond donors (Lipinski definition) is 1. The molecule has 0 saturated carbocycles. The average Bonchev–Trinajstić information content (AvgIpc) is 2.57. The second kappa shape index (κ2) is 7.51. The van der Waals surface area contributed by atoms with E-state index in [-0.39, 0.29) is 5.91 Å². The number of hydrogen-bond acceptors (Lipinski definition) is 3. The number of carbonyl (C=O) groups excluding carboxylic acids is 1. The predicted octanol–water partition coefficient (Wildman–Crippen LogP) is 3.51. The summed E-state index contributed by atoms with van der Waals surface area (Å²) in [6, 6.07) is 12.6. The third-order valence-electron chi connectivity index (χ3n) is 4.66. The van der Waals surface area contributed by atoms with Gasteiger partial charge in [-0.05, 0) is 56.4 Å². The molecule has 130 valence electrons. The standard InChI is InChI=1S/C21H25N3O/c1-15-11-16(2)19(17(3)12-15)13-22-23-21(25)14-24-10-6-8-18-7-4-5-9-20(18)24/h4-5,7,9,11-13H,6,8,10,14H2,1-3H3,(H,23,25)/b22-13-. The van der Waals surface area contributed by atoms with E-state index >= 15 is 0 Å². The Balaban J connectivity index is 1.63. The molecule has 3 rings (SSSR count). The summed E-state index contributed by atoms with van der Waals surface area (Å²) in [6.07, 6.45) is 3.90. The van der Waals surface area contributed by atoms with Crippen molar-refractivity contribution < 1.29 is 4.79 Å². The van der Waals surface area contributed by atoms with Crippen molar-refractivity contribution in [3.63, 3.8) is 0 Å². The fourth-order valence-electron chi connectivity index (χ4n) is 3.55. The van der Waals surface area contributed by atoms with E-state index in [1.807, 2.05) is 6.07 Å². The maximum absolute atomic E-state index is 12.3. The van der Waals surface area contributed by atoms with Crippen molar-refractivity contribution in [2.24, 2.45) is 5.10 Å². The minimum absolute atomic E-state index is 0.0876. The highest BCUT2D eigenvalue weighted by Crippen LogP contribution is 2.26. The van der Waals surface area contributed by atoms with Crippen LogP contribution >= 0.6 is 0 Å². The summed E-state index contributed by atoms with van der Waals surface area (Å²) in [4.78, 5) is 14.4. The Labute approximate surface area is 149 Å². The molecule has 0 saturated heterocycles. The molecular formula is C21H25N3O. The molecule has 1 N–H and O–H groups in total. The molecule has 0 atom stereocenters. The van der Waals surface area contributed by atoms with Crippen LogP contribution in [0.1, 0.15) is 34.2 Å². The van der Waals surface area contributed by atoms with Gasteiger partial charge in [0.05, 0.1) is 12.8 Å². The summed E-state index contributed by atoms with van der Waals surface area (Å²) in [5, 5.41) is 4.16. The molecule has 1 aliphatic heterocycles. The molecule has 0 radical (unpaired) electrons. The van der Waals surface area contributed by atoms with Gasteiger partial charge in [0.2, 0.25) is 0 Å². The maximum Gasteiger partial charge on any atom is 0.259 e. The lowest BCUT2D eigenvalue weighted by Gasteiger charge is -2.30. The number of para-hydroxylation sites is 1. The van der Waals surface area contributed by atoms with E-state index in [1.165, 1.54) is 22.3 Å². The highest BCUT2D eigenvalue weighted by molar-refractivity contribution is 5.87. The van der Waals surface area contributed by atoms with Gasteiger partial charge >= 0.3 is 0 Å². The number of benzene rings is 2. The molecule has 0 unspecified atom stereocenters. The zero-order valence-electron chi connectivity index (χ0n) is 15.2. The highest BCUT2D eigenvalue weighted by Gasteiger charge is 2.18. The van der Waals surface area contributed by atoms with Crippen LogP contribution in [0.4, 0.5) is 5.69 Å². The smallest absolute Gasteiger partial charge is 0.259 e. The number of aryl methyl sites for hydroxylation is 4. The minimum Gasteiger partial charge on any atom is -0.362 e. The third kappa shape index (κ3) is 4.08. The Hall–Kier alpha value is -2.62. The van der Waals surface area contributed by atoms with Crippen molar-refractivity contribution in [2.45, 2.75) is 33.6 Å². The van der Waals surface area contributed by atoms with Gasteiger partial charge in [0.1, 0.15) is 0 Å². The second-order valence-corrected chi connectivity index (χ2v) is 6.76. The first-order chi connectivity index (χ1) is 12.0. The molecule has 0 aromatic heterocycles. The lowest BCUT2D eigenvalue weighted by atomic mass is 10.0. The van der Waals surface area contributed by atoms with Gasteiger partial charge in [0.15, 0.2) is 0 Å². The zero-order valence-corrected chi connectivity index (χ0v) is 15.2. The van der Waals surface area contributed by atoms with Crippen LogP contribution in [0.3, 0.4) is 0 Å². The van der Waals surface area contributed by atoms with Gasteiger partial charge < -0.3 is 4.90 Å². The first kappa shape index (κ1) is 17.2. The Morgan fingerprint density at radius 3 is 2.68 bits per heavy atom. The Morgan fingerprint density at radius 1 is 1.20 bits per heavy atom. The lowest BCUT2D eigenvalue weighted by Crippen LogP contribution is -2.38. The van der Waals surface area contributed by atoms with Gasteiger partial charge in [-0.25, -0.2) is 5.43 Å². The quantitative estimate of drug-likeness (QED) is 0.686. The summed E-state index contributed by atoms with van der Waals surface area (Å²) in [5.74, 6) is -0.0876. The molecular weight excluding hydrogens is 310 g/mol. The van der Waals surface area contributed by atoms with Crippen LogP contribution in [0.5, 0.6) is 0 Å². The van der Waals surface area contributed by atoms with Gasteiger partial charge in [0, 0.05) is 17.8 Å². The molecule has 0 aliphatic carbocycles. The number of nitrogens with one attached hydrogen (secondary N) is 1. The number of nitrogens with zero attached hydrogens (tertiary/aromatic N) is 2. The van der Waals surface area contributed by atoms with E-state index in [0.29, 0.717) is 6.54 Å². The molecule has 25 heavy (non-hydrogen) atoms. The summed E-state index contributed by atoms with van der Waals surface area (Å²) in [7, 11) is 0. The van der Waals surface area contributed by atoms with Gasteiger partial charge in [0.25, 0.3) is 5.91 Å². The van der Waals surface area contributed by atoms with Crippen molar-refractivity contribution in [1.82, 2.24) is 5.43 Å². The van der Waals surface area contributed by atoms with Crippen molar-refractivity contribution in [1.29, 1.82) is 0 Å². The monoisotopic (exact) mass is 335 g/mol. The van der Waals surface area contributed by atoms with E-state index in [9.17, 15) is 4.79 Å². The van der Waals surface area contributed by atoms with Crippen LogP contribution in [0.25, 0.3) is 0 Å². The lowest BCUT2D eigenvalue weighted by molar-refractivity contribution is -0.119. The number of anilines is 1. The van der Waals surface area contributed by atoms with Crippen LogP contribution < -0.4 is 10.3 Å². The fraction of sp³-hybridized carbons (Fsp3) is 0.333. The van der Waals surface area contributed by atoms with Crippen LogP contribution in [-0.2, 0) is 11.2 Å². The first-order valence-corrected chi connectivity index (χ1v) is 8.77. The average molecular weight is 335 g/mol. The summed E-state index contributed by atoms with van der Waals surface area (Å²) < 4.78 is 0. The molecule has 1 heterocycles. The molecule has 1 aliphatic rings. The molecule has 0 bridgehead atoms. The van der Waals surface area contributed by atoms with E-state index in [4.69, 9.17) is 0 Å². The molecule has 1 amide bonds. The van der Waals surface area contributed by atoms with Crippen molar-refractivity contribution in [3.05, 3.63) is 64.2 Å². The normalized spacial score (nSPS) is 13.8. The first-order valence-electron chi connectivity index (χ1n) is 8.77. The molecule has 2 aromatic carbocycles. The Morgan fingerprint density at radius 2 is 1.92 bits per heavy atom. The Kier molecular flexibility index (Phi) is 5.17. The zero-order chi connectivity index (χ0) is 17.8. The van der Waals surface area contributed by atoms with Gasteiger partial charge in [-0.3, -0.25) is 4.79 Å². The third-order valence-corrected chi connectivity index (χ3v) is 4.66. The number of rotatable bonds is 4. The SMILES string of the molecule is Cc1cc(C)c(/C=N\NC(=O)CN2CCCc3ccccc32)c(C)c1. The second-order valence-electron chi connectivity index (χ2n) is 6.76. The molecule has 0 fully saturated rings. The van der Waals surface area contributed by atoms with Crippen molar-refractivity contribution in [2.75, 3.05) is 18.0 Å². The summed E-state index contributed by atoms with van der Waals surface area (Å²) in [5.41, 5.74) is 9.78. The van der Waals surface area contributed by atoms with Gasteiger partial charge in [-0.2, -0.15) is 5.10 Å². The Bertz CT molecular complexity index is 788. The fourth-order valence-corrected chi connectivity index (χ4v) is 3.55. The number of amides is 1. The van der Waals surface area contributed by atoms with Gasteiger partial charge in [-0.1, -0.05) is 35.9 Å². The summed E-state index contributed by atoms with van der Waals surface area (Å²) in [6.45, 7) is 7.45. The summed E-state index contributed by atoms with van der Waals surface area (Å²) >= 11 is 0. The number of fused-ring (bicyclic) bond motifs is 1. The van der Waals surface area contributed by atoms with Gasteiger partial charge in [-0.15, -0.1) is 0 Å². The van der Waals surface area contributed by atoms with E-state index in [2.05, 4.69) is 66.5 Å². The van der Waals surface area contributed by atoms with E-state index in [0.717, 1.165) is 30.6 Å². The van der Waals surface area contributed by atoms with E-state index in [1.54, 1.807) is 6.21 Å². The maximum atomic E-state index is 12.3.